The van der Waals surface area contributed by atoms with Crippen molar-refractivity contribution in [2.45, 2.75) is 52.0 Å². The quantitative estimate of drug-likeness (QED) is 0.750. The van der Waals surface area contributed by atoms with E-state index in [0.29, 0.717) is 0 Å². The number of rotatable bonds is 7. The van der Waals surface area contributed by atoms with Crippen LogP contribution in [0.2, 0.25) is 0 Å². The van der Waals surface area contributed by atoms with Gasteiger partial charge in [-0.1, -0.05) is 38.3 Å². The van der Waals surface area contributed by atoms with E-state index >= 15 is 0 Å². The lowest BCUT2D eigenvalue weighted by Gasteiger charge is -2.28. The first-order valence-corrected chi connectivity index (χ1v) is 8.30. The van der Waals surface area contributed by atoms with Crippen LogP contribution < -0.4 is 10.2 Å². The Labute approximate surface area is 124 Å². The van der Waals surface area contributed by atoms with Crippen molar-refractivity contribution in [1.29, 1.82) is 0 Å². The van der Waals surface area contributed by atoms with E-state index in [9.17, 15) is 0 Å². The van der Waals surface area contributed by atoms with E-state index in [1.54, 1.807) is 0 Å². The third-order valence-electron chi connectivity index (χ3n) is 4.39. The minimum atomic E-state index is 0.902. The second-order valence-electron chi connectivity index (χ2n) is 6.23. The SMILES string of the molecule is CCCNCc1ccc(N(C)CC2CCCCC2)cc1. The highest BCUT2D eigenvalue weighted by Gasteiger charge is 2.15. The summed E-state index contributed by atoms with van der Waals surface area (Å²) in [5.41, 5.74) is 2.74. The molecule has 1 aliphatic carbocycles. The standard InChI is InChI=1S/C18H30N2/c1-3-13-19-14-16-9-11-18(12-10-16)20(2)15-17-7-5-4-6-8-17/h9-12,17,19H,3-8,13-15H2,1-2H3. The molecule has 0 aliphatic heterocycles. The molecule has 0 aromatic heterocycles. The molecule has 0 amide bonds. The van der Waals surface area contributed by atoms with Crippen LogP contribution in [0.5, 0.6) is 0 Å². The van der Waals surface area contributed by atoms with Gasteiger partial charge in [0.15, 0.2) is 0 Å². The van der Waals surface area contributed by atoms with Gasteiger partial charge in [0, 0.05) is 25.8 Å². The van der Waals surface area contributed by atoms with Crippen molar-refractivity contribution in [3.63, 3.8) is 0 Å². The zero-order valence-corrected chi connectivity index (χ0v) is 13.2. The highest BCUT2D eigenvalue weighted by atomic mass is 15.1. The molecule has 1 fully saturated rings. The lowest BCUT2D eigenvalue weighted by atomic mass is 9.89. The smallest absolute Gasteiger partial charge is 0.0363 e. The molecule has 1 saturated carbocycles. The Hall–Kier alpha value is -1.02. The molecule has 2 nitrogen and oxygen atoms in total. The summed E-state index contributed by atoms with van der Waals surface area (Å²) in [6.07, 6.45) is 8.34. The van der Waals surface area contributed by atoms with Crippen molar-refractivity contribution in [3.8, 4) is 0 Å². The fourth-order valence-electron chi connectivity index (χ4n) is 3.14. The number of anilines is 1. The molecular formula is C18H30N2. The van der Waals surface area contributed by atoms with E-state index in [1.807, 2.05) is 0 Å². The summed E-state index contributed by atoms with van der Waals surface area (Å²) in [6.45, 7) is 5.51. The van der Waals surface area contributed by atoms with Gasteiger partial charge in [-0.2, -0.15) is 0 Å². The maximum absolute atomic E-state index is 3.45. The predicted molar refractivity (Wildman–Crippen MR) is 88.3 cm³/mol. The first-order chi connectivity index (χ1) is 9.79. The van der Waals surface area contributed by atoms with Gasteiger partial charge in [-0.15, -0.1) is 0 Å². The molecule has 0 saturated heterocycles. The summed E-state index contributed by atoms with van der Waals surface area (Å²) >= 11 is 0. The predicted octanol–water partition coefficient (Wildman–Crippen LogP) is 4.20. The van der Waals surface area contributed by atoms with E-state index < -0.39 is 0 Å². The fourth-order valence-corrected chi connectivity index (χ4v) is 3.14. The summed E-state index contributed by atoms with van der Waals surface area (Å²) in [5, 5.41) is 3.45. The Morgan fingerprint density at radius 2 is 1.80 bits per heavy atom. The van der Waals surface area contributed by atoms with Gasteiger partial charge in [-0.25, -0.2) is 0 Å². The summed E-state index contributed by atoms with van der Waals surface area (Å²) in [4.78, 5) is 2.43. The van der Waals surface area contributed by atoms with Crippen LogP contribution in [0.25, 0.3) is 0 Å². The molecule has 0 atom stereocenters. The van der Waals surface area contributed by atoms with Crippen LogP contribution in [0.15, 0.2) is 24.3 Å². The van der Waals surface area contributed by atoms with Crippen LogP contribution >= 0.6 is 0 Å². The van der Waals surface area contributed by atoms with E-state index in [1.165, 1.54) is 56.3 Å². The number of hydrogen-bond donors (Lipinski definition) is 1. The number of nitrogens with zero attached hydrogens (tertiary/aromatic N) is 1. The molecule has 1 aromatic carbocycles. The average Bonchev–Trinajstić information content (AvgIpc) is 2.49. The largest absolute Gasteiger partial charge is 0.374 e. The highest BCUT2D eigenvalue weighted by Crippen LogP contribution is 2.25. The van der Waals surface area contributed by atoms with Crippen LogP contribution in [0, 0.1) is 5.92 Å². The Bertz CT molecular complexity index is 366. The summed E-state index contributed by atoms with van der Waals surface area (Å²) in [5.74, 6) is 0.902. The second-order valence-corrected chi connectivity index (χ2v) is 6.23. The first-order valence-electron chi connectivity index (χ1n) is 8.30. The van der Waals surface area contributed by atoms with Crippen LogP contribution in [-0.4, -0.2) is 20.1 Å². The van der Waals surface area contributed by atoms with Gasteiger partial charge in [-0.05, 0) is 49.4 Å². The molecular weight excluding hydrogens is 244 g/mol. The number of hydrogen-bond acceptors (Lipinski definition) is 2. The van der Waals surface area contributed by atoms with Crippen molar-refractivity contribution in [2.75, 3.05) is 25.0 Å². The Morgan fingerprint density at radius 1 is 1.10 bits per heavy atom. The highest BCUT2D eigenvalue weighted by molar-refractivity contribution is 5.46. The third-order valence-corrected chi connectivity index (χ3v) is 4.39. The molecule has 2 heteroatoms. The van der Waals surface area contributed by atoms with Crippen LogP contribution in [0.1, 0.15) is 51.0 Å². The molecule has 0 spiro atoms. The third kappa shape index (κ3) is 4.82. The molecule has 0 unspecified atom stereocenters. The molecule has 0 heterocycles. The minimum Gasteiger partial charge on any atom is -0.374 e. The second kappa shape index (κ2) is 8.31. The Kier molecular flexibility index (Phi) is 6.38. The van der Waals surface area contributed by atoms with E-state index in [2.05, 4.69) is 48.5 Å². The summed E-state index contributed by atoms with van der Waals surface area (Å²) in [7, 11) is 2.24. The maximum atomic E-state index is 3.45. The number of benzene rings is 1. The van der Waals surface area contributed by atoms with Crippen molar-refractivity contribution >= 4 is 5.69 Å². The molecule has 1 aliphatic rings. The minimum absolute atomic E-state index is 0.902. The van der Waals surface area contributed by atoms with Crippen molar-refractivity contribution in [1.82, 2.24) is 5.32 Å². The maximum Gasteiger partial charge on any atom is 0.0363 e. The molecule has 1 aromatic rings. The van der Waals surface area contributed by atoms with Crippen molar-refractivity contribution < 1.29 is 0 Å². The monoisotopic (exact) mass is 274 g/mol. The van der Waals surface area contributed by atoms with E-state index in [0.717, 1.165) is 19.0 Å². The van der Waals surface area contributed by atoms with Gasteiger partial charge in [-0.3, -0.25) is 0 Å². The molecule has 20 heavy (non-hydrogen) atoms. The molecule has 112 valence electrons. The van der Waals surface area contributed by atoms with Gasteiger partial charge in [0.2, 0.25) is 0 Å². The van der Waals surface area contributed by atoms with E-state index in [-0.39, 0.29) is 0 Å². The van der Waals surface area contributed by atoms with Crippen LogP contribution in [0.3, 0.4) is 0 Å². The van der Waals surface area contributed by atoms with Gasteiger partial charge < -0.3 is 10.2 Å². The van der Waals surface area contributed by atoms with Gasteiger partial charge in [0.25, 0.3) is 0 Å². The van der Waals surface area contributed by atoms with Crippen molar-refractivity contribution in [3.05, 3.63) is 29.8 Å². The fraction of sp³-hybridized carbons (Fsp3) is 0.667. The van der Waals surface area contributed by atoms with Gasteiger partial charge in [0.1, 0.15) is 0 Å². The molecule has 0 bridgehead atoms. The zero-order chi connectivity index (χ0) is 14.2. The average molecular weight is 274 g/mol. The topological polar surface area (TPSA) is 15.3 Å². The van der Waals surface area contributed by atoms with Gasteiger partial charge >= 0.3 is 0 Å². The lowest BCUT2D eigenvalue weighted by molar-refractivity contribution is 0.362. The molecule has 1 N–H and O–H groups in total. The Balaban J connectivity index is 1.81. The normalized spacial score (nSPS) is 16.3. The first kappa shape index (κ1) is 15.4. The van der Waals surface area contributed by atoms with E-state index in [4.69, 9.17) is 0 Å². The van der Waals surface area contributed by atoms with Crippen molar-refractivity contribution in [2.24, 2.45) is 5.92 Å². The summed E-state index contributed by atoms with van der Waals surface area (Å²) in [6, 6.07) is 9.06. The van der Waals surface area contributed by atoms with Crippen LogP contribution in [0.4, 0.5) is 5.69 Å². The molecule has 0 radical (unpaired) electrons. The molecule has 2 rings (SSSR count). The van der Waals surface area contributed by atoms with Gasteiger partial charge in [0.05, 0.1) is 0 Å². The summed E-state index contributed by atoms with van der Waals surface area (Å²) < 4.78 is 0. The Morgan fingerprint density at radius 3 is 2.45 bits per heavy atom. The van der Waals surface area contributed by atoms with Crippen LogP contribution in [-0.2, 0) is 6.54 Å². The zero-order valence-electron chi connectivity index (χ0n) is 13.2. The lowest BCUT2D eigenvalue weighted by Crippen LogP contribution is -2.26. The number of nitrogens with one attached hydrogen (secondary N) is 1.